The summed E-state index contributed by atoms with van der Waals surface area (Å²) < 4.78 is 0. The molecular formula is C28H38N4O4. The summed E-state index contributed by atoms with van der Waals surface area (Å²) in [5.74, 6) is -0.845. The molecule has 2 aromatic carbocycles. The fourth-order valence-electron chi connectivity index (χ4n) is 3.52. The van der Waals surface area contributed by atoms with Crippen molar-refractivity contribution in [3.8, 4) is 0 Å². The first-order chi connectivity index (χ1) is 17.5. The molecule has 0 saturated heterocycles. The van der Waals surface area contributed by atoms with Crippen molar-refractivity contribution in [2.45, 2.75) is 65.2 Å². The van der Waals surface area contributed by atoms with Crippen molar-refractivity contribution in [3.63, 3.8) is 0 Å². The first kappa shape index (κ1) is 28.6. The lowest BCUT2D eigenvalue weighted by Gasteiger charge is -2.12. The molecule has 0 aliphatic carbocycles. The Hall–Kier alpha value is -3.68. The molecule has 2 rings (SSSR count). The van der Waals surface area contributed by atoms with Crippen molar-refractivity contribution in [3.05, 3.63) is 59.7 Å². The van der Waals surface area contributed by atoms with E-state index in [-0.39, 0.29) is 36.5 Å². The van der Waals surface area contributed by atoms with Crippen LogP contribution in [0.5, 0.6) is 0 Å². The Balaban J connectivity index is 1.78. The molecular weight excluding hydrogens is 456 g/mol. The van der Waals surface area contributed by atoms with E-state index in [9.17, 15) is 19.2 Å². The second-order valence-electron chi connectivity index (χ2n) is 8.61. The number of nitrogens with one attached hydrogen (secondary N) is 4. The number of hydrogen-bond donors (Lipinski definition) is 4. The van der Waals surface area contributed by atoms with Gasteiger partial charge in [-0.25, -0.2) is 0 Å². The van der Waals surface area contributed by atoms with Gasteiger partial charge in [0, 0.05) is 25.9 Å². The smallest absolute Gasteiger partial charge is 0.253 e. The monoisotopic (exact) mass is 494 g/mol. The van der Waals surface area contributed by atoms with Crippen LogP contribution < -0.4 is 21.3 Å². The predicted molar refractivity (Wildman–Crippen MR) is 143 cm³/mol. The van der Waals surface area contributed by atoms with Crippen molar-refractivity contribution in [2.24, 2.45) is 0 Å². The van der Waals surface area contributed by atoms with Crippen LogP contribution in [-0.2, 0) is 9.59 Å². The minimum Gasteiger partial charge on any atom is -0.352 e. The van der Waals surface area contributed by atoms with Crippen LogP contribution in [-0.4, -0.2) is 36.7 Å². The zero-order valence-electron chi connectivity index (χ0n) is 21.3. The molecule has 0 aromatic heterocycles. The Kier molecular flexibility index (Phi) is 12.8. The SMILES string of the molecule is CCCCNC(=O)c1ccccc1NC(=O)CCCCC(=O)Nc1ccccc1C(=O)NCCCC. The van der Waals surface area contributed by atoms with Crippen LogP contribution in [0.1, 0.15) is 85.9 Å². The first-order valence-corrected chi connectivity index (χ1v) is 12.8. The summed E-state index contributed by atoms with van der Waals surface area (Å²) in [7, 11) is 0. The Morgan fingerprint density at radius 1 is 0.583 bits per heavy atom. The molecule has 0 saturated carbocycles. The molecule has 0 fully saturated rings. The molecule has 8 nitrogen and oxygen atoms in total. The standard InChI is InChI=1S/C28H38N4O4/c1-3-5-19-29-27(35)21-13-7-9-15-23(21)31-25(33)17-11-12-18-26(34)32-24-16-10-8-14-22(24)28(36)30-20-6-4-2/h7-10,13-16H,3-6,11-12,17-20H2,1-2H3,(H,29,35)(H,30,36)(H,31,33)(H,32,34). The summed E-state index contributed by atoms with van der Waals surface area (Å²) in [6.45, 7) is 5.29. The molecule has 0 aliphatic rings. The third kappa shape index (κ3) is 9.90. The number of para-hydroxylation sites is 2. The molecule has 36 heavy (non-hydrogen) atoms. The number of unbranched alkanes of at least 4 members (excludes halogenated alkanes) is 3. The lowest BCUT2D eigenvalue weighted by molar-refractivity contribution is -0.118. The second kappa shape index (κ2) is 16.1. The molecule has 0 spiro atoms. The van der Waals surface area contributed by atoms with Gasteiger partial charge in [-0.05, 0) is 49.9 Å². The lowest BCUT2D eigenvalue weighted by atomic mass is 10.1. The molecule has 8 heteroatoms. The van der Waals surface area contributed by atoms with E-state index in [0.717, 1.165) is 25.7 Å². The van der Waals surface area contributed by atoms with E-state index in [0.29, 0.717) is 48.4 Å². The fourth-order valence-corrected chi connectivity index (χ4v) is 3.52. The first-order valence-electron chi connectivity index (χ1n) is 12.8. The number of benzene rings is 2. The van der Waals surface area contributed by atoms with Crippen LogP contribution in [0.2, 0.25) is 0 Å². The number of hydrogen-bond acceptors (Lipinski definition) is 4. The quantitative estimate of drug-likeness (QED) is 0.264. The maximum Gasteiger partial charge on any atom is 0.253 e. The van der Waals surface area contributed by atoms with E-state index in [4.69, 9.17) is 0 Å². The highest BCUT2D eigenvalue weighted by Gasteiger charge is 2.14. The number of carbonyl (C=O) groups excluding carboxylic acids is 4. The summed E-state index contributed by atoms with van der Waals surface area (Å²) in [5.41, 5.74) is 1.81. The van der Waals surface area contributed by atoms with Crippen LogP contribution in [0.4, 0.5) is 11.4 Å². The van der Waals surface area contributed by atoms with Gasteiger partial charge in [0.2, 0.25) is 11.8 Å². The molecule has 0 radical (unpaired) electrons. The van der Waals surface area contributed by atoms with Gasteiger partial charge in [0.25, 0.3) is 11.8 Å². The lowest BCUT2D eigenvalue weighted by Crippen LogP contribution is -2.26. The summed E-state index contributed by atoms with van der Waals surface area (Å²) in [4.78, 5) is 49.7. The molecule has 4 amide bonds. The van der Waals surface area contributed by atoms with Gasteiger partial charge in [-0.2, -0.15) is 0 Å². The van der Waals surface area contributed by atoms with Gasteiger partial charge in [0.1, 0.15) is 0 Å². The van der Waals surface area contributed by atoms with E-state index in [1.54, 1.807) is 48.5 Å². The predicted octanol–water partition coefficient (Wildman–Crippen LogP) is 4.88. The van der Waals surface area contributed by atoms with E-state index >= 15 is 0 Å². The largest absolute Gasteiger partial charge is 0.352 e. The molecule has 0 unspecified atom stereocenters. The van der Waals surface area contributed by atoms with E-state index in [1.165, 1.54) is 0 Å². The van der Waals surface area contributed by atoms with Crippen LogP contribution in [0.25, 0.3) is 0 Å². The average Bonchev–Trinajstić information content (AvgIpc) is 2.87. The summed E-state index contributed by atoms with van der Waals surface area (Å²) >= 11 is 0. The van der Waals surface area contributed by atoms with Gasteiger partial charge >= 0.3 is 0 Å². The Morgan fingerprint density at radius 3 is 1.36 bits per heavy atom. The Bertz CT molecular complexity index is 941. The van der Waals surface area contributed by atoms with Crippen molar-refractivity contribution in [1.29, 1.82) is 0 Å². The van der Waals surface area contributed by atoms with Gasteiger partial charge < -0.3 is 21.3 Å². The summed E-state index contributed by atoms with van der Waals surface area (Å²) in [6, 6.07) is 13.8. The fraction of sp³-hybridized carbons (Fsp3) is 0.429. The van der Waals surface area contributed by atoms with Crippen molar-refractivity contribution in [1.82, 2.24) is 10.6 Å². The minimum absolute atomic E-state index is 0.210. The average molecular weight is 495 g/mol. The van der Waals surface area contributed by atoms with E-state index < -0.39 is 0 Å². The van der Waals surface area contributed by atoms with Crippen LogP contribution in [0.15, 0.2) is 48.5 Å². The molecule has 0 bridgehead atoms. The Morgan fingerprint density at radius 2 is 0.972 bits per heavy atom. The molecule has 0 atom stereocenters. The zero-order valence-corrected chi connectivity index (χ0v) is 21.3. The van der Waals surface area contributed by atoms with Gasteiger partial charge in [0.15, 0.2) is 0 Å². The molecule has 0 heterocycles. The third-order valence-corrected chi connectivity index (χ3v) is 5.58. The third-order valence-electron chi connectivity index (χ3n) is 5.58. The van der Waals surface area contributed by atoms with Crippen molar-refractivity contribution >= 4 is 35.0 Å². The minimum atomic E-state index is -0.213. The van der Waals surface area contributed by atoms with Gasteiger partial charge in [-0.3, -0.25) is 19.2 Å². The van der Waals surface area contributed by atoms with Crippen LogP contribution >= 0.6 is 0 Å². The summed E-state index contributed by atoms with van der Waals surface area (Å²) in [5, 5.41) is 11.3. The summed E-state index contributed by atoms with van der Waals surface area (Å²) in [6.07, 6.45) is 5.25. The van der Waals surface area contributed by atoms with Crippen LogP contribution in [0, 0.1) is 0 Å². The van der Waals surface area contributed by atoms with Gasteiger partial charge in [-0.1, -0.05) is 51.0 Å². The second-order valence-corrected chi connectivity index (χ2v) is 8.61. The molecule has 0 aliphatic heterocycles. The normalized spacial score (nSPS) is 10.4. The number of anilines is 2. The highest BCUT2D eigenvalue weighted by molar-refractivity contribution is 6.04. The van der Waals surface area contributed by atoms with Gasteiger partial charge in [-0.15, -0.1) is 0 Å². The topological polar surface area (TPSA) is 116 Å². The number of rotatable bonds is 15. The Labute approximate surface area is 213 Å². The van der Waals surface area contributed by atoms with Crippen molar-refractivity contribution in [2.75, 3.05) is 23.7 Å². The number of amides is 4. The zero-order chi connectivity index (χ0) is 26.2. The molecule has 194 valence electrons. The maximum absolute atomic E-state index is 12.4. The highest BCUT2D eigenvalue weighted by Crippen LogP contribution is 2.17. The molecule has 2 aromatic rings. The van der Waals surface area contributed by atoms with Crippen molar-refractivity contribution < 1.29 is 19.2 Å². The number of carbonyl (C=O) groups is 4. The van der Waals surface area contributed by atoms with E-state index in [1.807, 2.05) is 0 Å². The van der Waals surface area contributed by atoms with E-state index in [2.05, 4.69) is 35.1 Å². The van der Waals surface area contributed by atoms with Crippen LogP contribution in [0.3, 0.4) is 0 Å². The highest BCUT2D eigenvalue weighted by atomic mass is 16.2. The van der Waals surface area contributed by atoms with Gasteiger partial charge in [0.05, 0.1) is 22.5 Å². The maximum atomic E-state index is 12.4. The molecule has 4 N–H and O–H groups in total.